The van der Waals surface area contributed by atoms with Gasteiger partial charge in [-0.1, -0.05) is 23.7 Å². The van der Waals surface area contributed by atoms with Gasteiger partial charge in [-0.15, -0.1) is 0 Å². The molecule has 31 heavy (non-hydrogen) atoms. The highest BCUT2D eigenvalue weighted by Crippen LogP contribution is 2.58. The smallest absolute Gasteiger partial charge is 0.336 e. The quantitative estimate of drug-likeness (QED) is 0.627. The van der Waals surface area contributed by atoms with Crippen molar-refractivity contribution in [3.63, 3.8) is 0 Å². The maximum Gasteiger partial charge on any atom is 0.336 e. The summed E-state index contributed by atoms with van der Waals surface area (Å²) < 4.78 is 10.3. The van der Waals surface area contributed by atoms with Crippen molar-refractivity contribution >= 4 is 23.5 Å². The van der Waals surface area contributed by atoms with Gasteiger partial charge in [0.05, 0.1) is 31.3 Å². The van der Waals surface area contributed by atoms with E-state index in [-0.39, 0.29) is 5.54 Å². The van der Waals surface area contributed by atoms with Crippen LogP contribution in [0.25, 0.3) is 0 Å². The minimum atomic E-state index is -0.553. The molecule has 1 heterocycles. The third-order valence-electron chi connectivity index (χ3n) is 7.78. The van der Waals surface area contributed by atoms with E-state index < -0.39 is 17.9 Å². The summed E-state index contributed by atoms with van der Waals surface area (Å²) in [7, 11) is 2.76. The molecule has 0 unspecified atom stereocenters. The molecule has 1 aliphatic heterocycles. The van der Waals surface area contributed by atoms with E-state index in [0.717, 1.165) is 42.6 Å². The molecule has 4 bridgehead atoms. The van der Waals surface area contributed by atoms with Gasteiger partial charge in [0.2, 0.25) is 0 Å². The van der Waals surface area contributed by atoms with Crippen molar-refractivity contribution < 1.29 is 19.1 Å². The summed E-state index contributed by atoms with van der Waals surface area (Å²) >= 11 is 6.08. The molecule has 4 saturated carbocycles. The molecule has 1 aromatic carbocycles. The fraction of sp³-hybridized carbons (Fsp3) is 0.520. The highest BCUT2D eigenvalue weighted by atomic mass is 35.5. The molecule has 5 aliphatic rings. The largest absolute Gasteiger partial charge is 0.466 e. The lowest BCUT2D eigenvalue weighted by molar-refractivity contribution is -0.137. The van der Waals surface area contributed by atoms with Crippen molar-refractivity contribution in [1.29, 1.82) is 0 Å². The number of methoxy groups -OCH3 is 2. The molecule has 0 amide bonds. The summed E-state index contributed by atoms with van der Waals surface area (Å²) in [4.78, 5) is 28.0. The first kappa shape index (κ1) is 20.6. The fourth-order valence-electron chi connectivity index (χ4n) is 6.90. The van der Waals surface area contributed by atoms with Crippen LogP contribution in [0, 0.1) is 17.8 Å². The van der Waals surface area contributed by atoms with Crippen molar-refractivity contribution in [3.8, 4) is 0 Å². The third kappa shape index (κ3) is 3.47. The van der Waals surface area contributed by atoms with Crippen LogP contribution < -0.4 is 0 Å². The van der Waals surface area contributed by atoms with E-state index in [2.05, 4.69) is 4.90 Å². The van der Waals surface area contributed by atoms with Crippen molar-refractivity contribution in [2.24, 2.45) is 17.8 Å². The first-order chi connectivity index (χ1) is 14.9. The summed E-state index contributed by atoms with van der Waals surface area (Å²) in [5, 5.41) is 0.599. The van der Waals surface area contributed by atoms with Gasteiger partial charge in [-0.05, 0) is 74.0 Å². The van der Waals surface area contributed by atoms with E-state index >= 15 is 0 Å². The van der Waals surface area contributed by atoms with Crippen LogP contribution in [0.1, 0.15) is 50.0 Å². The van der Waals surface area contributed by atoms with Crippen molar-refractivity contribution in [3.05, 3.63) is 58.4 Å². The minimum Gasteiger partial charge on any atom is -0.466 e. The Labute approximate surface area is 188 Å². The Bertz CT molecular complexity index is 895. The lowest BCUT2D eigenvalue weighted by Crippen LogP contribution is -2.57. The second-order valence-electron chi connectivity index (χ2n) is 9.69. The van der Waals surface area contributed by atoms with Crippen molar-refractivity contribution in [2.75, 3.05) is 14.2 Å². The summed E-state index contributed by atoms with van der Waals surface area (Å²) in [5.74, 6) is 0.816. The van der Waals surface area contributed by atoms with Gasteiger partial charge in [-0.2, -0.15) is 0 Å². The van der Waals surface area contributed by atoms with Crippen LogP contribution in [-0.2, 0) is 19.1 Å². The Morgan fingerprint density at radius 2 is 1.32 bits per heavy atom. The lowest BCUT2D eigenvalue weighted by atomic mass is 9.52. The van der Waals surface area contributed by atoms with Crippen LogP contribution in [0.5, 0.6) is 0 Å². The van der Waals surface area contributed by atoms with Gasteiger partial charge in [-0.25, -0.2) is 9.59 Å². The average molecular weight is 442 g/mol. The van der Waals surface area contributed by atoms with Crippen molar-refractivity contribution in [2.45, 2.75) is 50.0 Å². The standard InChI is InChI=1S/C25H28ClNO4/c1-30-23(28)20-13-27(25-10-15-7-16(11-25)9-17(8-15)12-25)14-21(24(29)31-2)22(20)18-3-5-19(26)6-4-18/h3-6,13-17,22H,7-12H2,1-2H3. The zero-order chi connectivity index (χ0) is 21.8. The number of hydrogen-bond acceptors (Lipinski definition) is 5. The predicted octanol–water partition coefficient (Wildman–Crippen LogP) is 4.82. The summed E-state index contributed by atoms with van der Waals surface area (Å²) in [5.41, 5.74) is 1.70. The monoisotopic (exact) mass is 441 g/mol. The third-order valence-corrected chi connectivity index (χ3v) is 8.03. The number of carbonyl (C=O) groups is 2. The Morgan fingerprint density at radius 3 is 1.74 bits per heavy atom. The Kier molecular flexibility index (Phi) is 5.12. The maximum absolute atomic E-state index is 12.9. The summed E-state index contributed by atoms with van der Waals surface area (Å²) in [6.07, 6.45) is 11.2. The van der Waals surface area contributed by atoms with Gasteiger partial charge in [0.15, 0.2) is 0 Å². The predicted molar refractivity (Wildman–Crippen MR) is 117 cm³/mol. The number of halogens is 1. The minimum absolute atomic E-state index is 0.0295. The molecular formula is C25H28ClNO4. The molecule has 6 rings (SSSR count). The lowest BCUT2D eigenvalue weighted by Gasteiger charge is -2.60. The summed E-state index contributed by atoms with van der Waals surface area (Å²) in [6, 6.07) is 7.24. The topological polar surface area (TPSA) is 55.8 Å². The van der Waals surface area contributed by atoms with Gasteiger partial charge in [0, 0.05) is 23.0 Å². The number of benzene rings is 1. The SMILES string of the molecule is COC(=O)C1=CN(C23CC4CC(CC(C4)C2)C3)C=C(C(=O)OC)C1c1ccc(Cl)cc1. The second-order valence-corrected chi connectivity index (χ2v) is 10.1. The zero-order valence-electron chi connectivity index (χ0n) is 18.0. The molecule has 0 atom stereocenters. The Balaban J connectivity index is 1.61. The van der Waals surface area contributed by atoms with E-state index in [1.54, 1.807) is 12.1 Å². The fourth-order valence-corrected chi connectivity index (χ4v) is 7.03. The van der Waals surface area contributed by atoms with E-state index in [1.165, 1.54) is 33.5 Å². The Hall–Kier alpha value is -2.27. The second kappa shape index (κ2) is 7.70. The van der Waals surface area contributed by atoms with E-state index in [9.17, 15) is 9.59 Å². The molecule has 6 heteroatoms. The number of ether oxygens (including phenoxy) is 2. The molecule has 1 aromatic rings. The average Bonchev–Trinajstić information content (AvgIpc) is 2.77. The normalized spacial score (nSPS) is 31.8. The number of rotatable bonds is 4. The van der Waals surface area contributed by atoms with Crippen LogP contribution in [0.3, 0.4) is 0 Å². The van der Waals surface area contributed by atoms with Gasteiger partial charge in [0.1, 0.15) is 0 Å². The molecule has 0 spiro atoms. The molecule has 0 radical (unpaired) electrons. The molecule has 5 nitrogen and oxygen atoms in total. The van der Waals surface area contributed by atoms with E-state index in [4.69, 9.17) is 21.1 Å². The Morgan fingerprint density at radius 1 is 0.871 bits per heavy atom. The van der Waals surface area contributed by atoms with Crippen molar-refractivity contribution in [1.82, 2.24) is 4.90 Å². The van der Waals surface area contributed by atoms with Crippen LogP contribution in [0.2, 0.25) is 5.02 Å². The highest BCUT2D eigenvalue weighted by Gasteiger charge is 2.54. The van der Waals surface area contributed by atoms with Gasteiger partial charge >= 0.3 is 11.9 Å². The number of esters is 2. The van der Waals surface area contributed by atoms with Gasteiger partial charge in [0.25, 0.3) is 0 Å². The first-order valence-corrected chi connectivity index (χ1v) is 11.4. The number of hydrogen-bond donors (Lipinski definition) is 0. The first-order valence-electron chi connectivity index (χ1n) is 11.1. The van der Waals surface area contributed by atoms with Crippen LogP contribution >= 0.6 is 11.6 Å². The van der Waals surface area contributed by atoms with Gasteiger partial charge < -0.3 is 14.4 Å². The molecule has 164 valence electrons. The van der Waals surface area contributed by atoms with E-state index in [1.807, 2.05) is 24.5 Å². The summed E-state index contributed by atoms with van der Waals surface area (Å²) in [6.45, 7) is 0. The van der Waals surface area contributed by atoms with Gasteiger partial charge in [-0.3, -0.25) is 0 Å². The van der Waals surface area contributed by atoms with Crippen LogP contribution in [-0.4, -0.2) is 36.6 Å². The molecule has 0 N–H and O–H groups in total. The highest BCUT2D eigenvalue weighted by molar-refractivity contribution is 6.30. The van der Waals surface area contributed by atoms with Crippen LogP contribution in [0.4, 0.5) is 0 Å². The number of nitrogens with zero attached hydrogens (tertiary/aromatic N) is 1. The van der Waals surface area contributed by atoms with Crippen LogP contribution in [0.15, 0.2) is 47.8 Å². The maximum atomic E-state index is 12.9. The molecule has 0 aromatic heterocycles. The number of carbonyl (C=O) groups excluding carboxylic acids is 2. The molecule has 4 aliphatic carbocycles. The molecule has 4 fully saturated rings. The molecular weight excluding hydrogens is 414 g/mol. The van der Waals surface area contributed by atoms with E-state index in [0.29, 0.717) is 16.2 Å². The molecule has 0 saturated heterocycles. The zero-order valence-corrected chi connectivity index (χ0v) is 18.7.